The van der Waals surface area contributed by atoms with Crippen molar-refractivity contribution in [3.63, 3.8) is 0 Å². The summed E-state index contributed by atoms with van der Waals surface area (Å²) in [4.78, 5) is 12.3. The van der Waals surface area contributed by atoms with E-state index in [1.165, 1.54) is 19.3 Å². The molecule has 0 aliphatic heterocycles. The van der Waals surface area contributed by atoms with Gasteiger partial charge in [0.2, 0.25) is 0 Å². The summed E-state index contributed by atoms with van der Waals surface area (Å²) in [6.07, 6.45) is 5.59. The largest absolute Gasteiger partial charge is 0.502 e. The quantitative estimate of drug-likeness (QED) is 0.451. The lowest BCUT2D eigenvalue weighted by Gasteiger charge is -2.69. The summed E-state index contributed by atoms with van der Waals surface area (Å²) in [5.41, 5.74) is -0.454. The van der Waals surface area contributed by atoms with Crippen molar-refractivity contribution in [2.75, 3.05) is 13.7 Å². The highest BCUT2D eigenvalue weighted by Gasteiger charge is 2.72. The van der Waals surface area contributed by atoms with Crippen molar-refractivity contribution >= 4 is 5.97 Å². The molecule has 4 aliphatic rings. The Kier molecular flexibility index (Phi) is 4.50. The molecule has 1 N–H and O–H groups in total. The van der Waals surface area contributed by atoms with E-state index < -0.39 is 17.3 Å². The number of hydrogen-bond donors (Lipinski definition) is 1. The lowest BCUT2D eigenvalue weighted by Crippen LogP contribution is -2.69. The van der Waals surface area contributed by atoms with E-state index >= 15 is 0 Å². The molecule has 142 valence electrons. The average Bonchev–Trinajstić information content (AvgIpc) is 2.93. The first kappa shape index (κ1) is 18.8. The molecule has 4 nitrogen and oxygen atoms in total. The van der Waals surface area contributed by atoms with Crippen LogP contribution in [0.25, 0.3) is 0 Å². The molecule has 25 heavy (non-hydrogen) atoms. The van der Waals surface area contributed by atoms with E-state index in [9.17, 15) is 9.90 Å². The molecule has 4 rings (SSSR count). The average molecular weight is 350 g/mol. The van der Waals surface area contributed by atoms with E-state index in [1.54, 1.807) is 7.11 Å². The van der Waals surface area contributed by atoms with Crippen molar-refractivity contribution in [1.29, 1.82) is 0 Å². The van der Waals surface area contributed by atoms with Crippen LogP contribution in [0.2, 0.25) is 0 Å². The third-order valence-corrected chi connectivity index (χ3v) is 8.08. The number of hydrogen-bond acceptors (Lipinski definition) is 4. The van der Waals surface area contributed by atoms with Gasteiger partial charge in [-0.3, -0.25) is 0 Å². The van der Waals surface area contributed by atoms with Gasteiger partial charge < -0.3 is 14.6 Å². The van der Waals surface area contributed by atoms with Crippen LogP contribution in [-0.2, 0) is 14.3 Å². The summed E-state index contributed by atoms with van der Waals surface area (Å²) < 4.78 is 11.6. The summed E-state index contributed by atoms with van der Waals surface area (Å²) in [6.45, 7) is 13.2. The van der Waals surface area contributed by atoms with E-state index in [1.807, 2.05) is 0 Å². The number of carbonyl (C=O) groups is 1. The fourth-order valence-electron chi connectivity index (χ4n) is 7.34. The lowest BCUT2D eigenvalue weighted by molar-refractivity contribution is -0.268. The Morgan fingerprint density at radius 1 is 1.28 bits per heavy atom. The highest BCUT2D eigenvalue weighted by Crippen LogP contribution is 2.74. The van der Waals surface area contributed by atoms with Gasteiger partial charge in [0.1, 0.15) is 5.60 Å². The topological polar surface area (TPSA) is 55.8 Å². The molecular formula is C21H34O4. The number of ether oxygens (including phenoxy) is 2. The van der Waals surface area contributed by atoms with Gasteiger partial charge in [-0.2, -0.15) is 0 Å². The molecule has 4 saturated carbocycles. The van der Waals surface area contributed by atoms with Crippen molar-refractivity contribution < 1.29 is 19.4 Å². The highest BCUT2D eigenvalue weighted by atomic mass is 16.6. The predicted octanol–water partition coefficient (Wildman–Crippen LogP) is 4.50. The molecule has 0 aromatic heterocycles. The highest BCUT2D eigenvalue weighted by molar-refractivity contribution is 5.85. The fraction of sp³-hybridized carbons (Fsp3) is 0.857. The van der Waals surface area contributed by atoms with Gasteiger partial charge in [0, 0.05) is 19.1 Å². The lowest BCUT2D eigenvalue weighted by atomic mass is 9.37. The summed E-state index contributed by atoms with van der Waals surface area (Å²) in [5.74, 6) is 0.928. The number of methoxy groups -OCH3 is 1. The normalized spacial score (nSPS) is 45.4. The third kappa shape index (κ3) is 2.47. The molecule has 0 radical (unpaired) electrons. The smallest absolute Gasteiger partial charge is 0.373 e. The zero-order valence-electron chi connectivity index (χ0n) is 16.4. The number of rotatable bonds is 5. The molecule has 0 aromatic carbocycles. The molecule has 0 saturated heterocycles. The molecule has 0 aromatic rings. The standard InChI is InChI=1S/C21H34O4/c1-13(2)21-10-9-19(4,12-20(21,5)25-18(23)14(3)22)16-8-7-15(11-24-6)17(16)21/h13,15-17,22H,3,7-12H2,1-2,4-6H3. The number of fused-ring (bicyclic) bond motifs is 2. The van der Waals surface area contributed by atoms with Gasteiger partial charge in [0.15, 0.2) is 5.76 Å². The minimum atomic E-state index is -0.670. The summed E-state index contributed by atoms with van der Waals surface area (Å²) in [6, 6.07) is 0. The maximum atomic E-state index is 12.3. The Hall–Kier alpha value is -1.03. The van der Waals surface area contributed by atoms with Crippen LogP contribution in [0, 0.1) is 34.5 Å². The number of carbonyl (C=O) groups excluding carboxylic acids is 1. The van der Waals surface area contributed by atoms with Gasteiger partial charge in [0.05, 0.1) is 0 Å². The molecule has 0 amide bonds. The van der Waals surface area contributed by atoms with Crippen molar-refractivity contribution in [1.82, 2.24) is 0 Å². The van der Waals surface area contributed by atoms with Crippen LogP contribution in [0.15, 0.2) is 12.3 Å². The number of aliphatic hydroxyl groups excluding tert-OH is 1. The molecule has 4 fully saturated rings. The summed E-state index contributed by atoms with van der Waals surface area (Å²) >= 11 is 0. The Bertz CT molecular complexity index is 570. The Balaban J connectivity index is 2.08. The van der Waals surface area contributed by atoms with E-state index in [4.69, 9.17) is 9.47 Å². The van der Waals surface area contributed by atoms with Crippen molar-refractivity contribution in [3.05, 3.63) is 12.3 Å². The van der Waals surface area contributed by atoms with Gasteiger partial charge >= 0.3 is 5.97 Å². The zero-order chi connectivity index (χ0) is 18.6. The van der Waals surface area contributed by atoms with E-state index in [-0.39, 0.29) is 10.8 Å². The van der Waals surface area contributed by atoms with Crippen LogP contribution < -0.4 is 0 Å². The van der Waals surface area contributed by atoms with Crippen LogP contribution in [0.1, 0.15) is 59.8 Å². The summed E-state index contributed by atoms with van der Waals surface area (Å²) in [5, 5.41) is 9.56. The van der Waals surface area contributed by atoms with Crippen molar-refractivity contribution in [2.24, 2.45) is 34.5 Å². The molecule has 6 atom stereocenters. The van der Waals surface area contributed by atoms with Crippen LogP contribution in [0.4, 0.5) is 0 Å². The molecule has 2 bridgehead atoms. The first-order valence-electron chi connectivity index (χ1n) is 9.71. The zero-order valence-corrected chi connectivity index (χ0v) is 16.4. The van der Waals surface area contributed by atoms with Gasteiger partial charge in [0.25, 0.3) is 0 Å². The van der Waals surface area contributed by atoms with E-state index in [2.05, 4.69) is 34.3 Å². The molecular weight excluding hydrogens is 316 g/mol. The van der Waals surface area contributed by atoms with Gasteiger partial charge in [-0.1, -0.05) is 20.8 Å². The monoisotopic (exact) mass is 350 g/mol. The second-order valence-corrected chi connectivity index (χ2v) is 9.52. The first-order valence-corrected chi connectivity index (χ1v) is 9.71. The third-order valence-electron chi connectivity index (χ3n) is 8.08. The minimum absolute atomic E-state index is 0.0692. The molecule has 0 heterocycles. The van der Waals surface area contributed by atoms with Crippen LogP contribution in [0.3, 0.4) is 0 Å². The van der Waals surface area contributed by atoms with Crippen molar-refractivity contribution in [2.45, 2.75) is 65.4 Å². The minimum Gasteiger partial charge on any atom is -0.502 e. The molecule has 6 unspecified atom stereocenters. The van der Waals surface area contributed by atoms with Gasteiger partial charge in [-0.05, 0) is 74.7 Å². The van der Waals surface area contributed by atoms with Crippen LogP contribution in [-0.4, -0.2) is 30.4 Å². The van der Waals surface area contributed by atoms with Crippen molar-refractivity contribution in [3.8, 4) is 0 Å². The first-order chi connectivity index (χ1) is 11.6. The van der Waals surface area contributed by atoms with Crippen LogP contribution >= 0.6 is 0 Å². The maximum Gasteiger partial charge on any atom is 0.373 e. The van der Waals surface area contributed by atoms with E-state index in [0.717, 1.165) is 19.4 Å². The van der Waals surface area contributed by atoms with Gasteiger partial charge in [-0.25, -0.2) is 4.79 Å². The Labute approximate surface area is 152 Å². The number of esters is 1. The molecule has 0 spiro atoms. The SMILES string of the molecule is C=C(O)C(=O)OC1(C)CC2(C)CCC1(C(C)C)C1C(COC)CCC12. The fourth-order valence-corrected chi connectivity index (χ4v) is 7.34. The van der Waals surface area contributed by atoms with E-state index in [0.29, 0.717) is 23.7 Å². The second-order valence-electron chi connectivity index (χ2n) is 9.52. The molecule has 4 aliphatic carbocycles. The molecule has 4 heteroatoms. The Morgan fingerprint density at radius 3 is 2.52 bits per heavy atom. The second kappa shape index (κ2) is 6.00. The van der Waals surface area contributed by atoms with Crippen LogP contribution in [0.5, 0.6) is 0 Å². The number of aliphatic hydroxyl groups is 1. The summed E-state index contributed by atoms with van der Waals surface area (Å²) in [7, 11) is 1.78. The Morgan fingerprint density at radius 2 is 1.96 bits per heavy atom. The maximum absolute atomic E-state index is 12.3. The van der Waals surface area contributed by atoms with Gasteiger partial charge in [-0.15, -0.1) is 0 Å². The predicted molar refractivity (Wildman–Crippen MR) is 97.1 cm³/mol.